The van der Waals surface area contributed by atoms with E-state index in [0.29, 0.717) is 16.3 Å². The average Bonchev–Trinajstić information content (AvgIpc) is 3.00. The van der Waals surface area contributed by atoms with E-state index in [4.69, 9.17) is 16.7 Å². The van der Waals surface area contributed by atoms with E-state index in [0.717, 1.165) is 4.68 Å². The third-order valence-electron chi connectivity index (χ3n) is 3.49. The number of halogens is 3. The molecule has 130 valence electrons. The summed E-state index contributed by atoms with van der Waals surface area (Å²) in [5.41, 5.74) is 0.451. The Morgan fingerprint density at radius 3 is 2.32 bits per heavy atom. The van der Waals surface area contributed by atoms with Crippen LogP contribution < -0.4 is 5.14 Å². The Morgan fingerprint density at radius 1 is 1.08 bits per heavy atom. The molecule has 0 spiro atoms. The van der Waals surface area contributed by atoms with Crippen molar-refractivity contribution in [2.75, 3.05) is 0 Å². The Bertz CT molecular complexity index is 1020. The molecule has 2 aromatic carbocycles. The van der Waals surface area contributed by atoms with Crippen LogP contribution in [0.4, 0.5) is 8.78 Å². The van der Waals surface area contributed by atoms with Crippen molar-refractivity contribution in [2.24, 2.45) is 5.14 Å². The first kappa shape index (κ1) is 17.5. The number of sulfonamides is 1. The van der Waals surface area contributed by atoms with Crippen molar-refractivity contribution in [3.05, 3.63) is 65.3 Å². The smallest absolute Gasteiger partial charge is 0.231 e. The van der Waals surface area contributed by atoms with E-state index in [2.05, 4.69) is 5.10 Å². The van der Waals surface area contributed by atoms with Crippen molar-refractivity contribution in [2.45, 2.75) is 11.3 Å². The summed E-state index contributed by atoms with van der Waals surface area (Å²) < 4.78 is 51.1. The Hall–Kier alpha value is -2.29. The highest BCUT2D eigenvalue weighted by molar-refractivity contribution is 7.89. The minimum atomic E-state index is -4.07. The molecule has 0 aliphatic rings. The summed E-state index contributed by atoms with van der Waals surface area (Å²) in [6.45, 7) is 0. The lowest BCUT2D eigenvalue weighted by Crippen LogP contribution is -2.16. The molecule has 2 N–H and O–H groups in total. The molecule has 3 aromatic rings. The fourth-order valence-electron chi connectivity index (χ4n) is 2.39. The topological polar surface area (TPSA) is 78.0 Å². The van der Waals surface area contributed by atoms with Gasteiger partial charge in [-0.3, -0.25) is 0 Å². The van der Waals surface area contributed by atoms with Crippen LogP contribution in [0.15, 0.2) is 59.5 Å². The standard InChI is InChI=1S/C16H12ClF2N3O2S/c17-11-7-5-10(6-8-11)14-9-12(16(18)19)21-22(14)13-3-1-2-4-15(13)25(20,23)24/h1-9,16H,(H2,20,23,24). The van der Waals surface area contributed by atoms with E-state index in [9.17, 15) is 17.2 Å². The Balaban J connectivity index is 2.28. The zero-order valence-corrected chi connectivity index (χ0v) is 14.2. The van der Waals surface area contributed by atoms with Gasteiger partial charge in [-0.15, -0.1) is 0 Å². The van der Waals surface area contributed by atoms with Gasteiger partial charge in [0.15, 0.2) is 0 Å². The summed E-state index contributed by atoms with van der Waals surface area (Å²) >= 11 is 5.86. The largest absolute Gasteiger partial charge is 0.282 e. The molecule has 25 heavy (non-hydrogen) atoms. The maximum atomic E-state index is 13.2. The molecule has 1 heterocycles. The third-order valence-corrected chi connectivity index (χ3v) is 4.70. The number of nitrogens with zero attached hydrogens (tertiary/aromatic N) is 2. The molecule has 0 saturated heterocycles. The maximum absolute atomic E-state index is 13.2. The van der Waals surface area contributed by atoms with Gasteiger partial charge in [0, 0.05) is 10.6 Å². The second-order valence-electron chi connectivity index (χ2n) is 5.19. The number of aromatic nitrogens is 2. The van der Waals surface area contributed by atoms with E-state index in [1.807, 2.05) is 0 Å². The summed E-state index contributed by atoms with van der Waals surface area (Å²) in [7, 11) is -4.07. The molecule has 0 radical (unpaired) electrons. The minimum absolute atomic E-state index is 0.0850. The van der Waals surface area contributed by atoms with Gasteiger partial charge in [-0.05, 0) is 30.3 Å². The van der Waals surface area contributed by atoms with Gasteiger partial charge in [0.25, 0.3) is 6.43 Å². The van der Waals surface area contributed by atoms with E-state index in [-0.39, 0.29) is 10.6 Å². The molecule has 5 nitrogen and oxygen atoms in total. The molecule has 0 aliphatic carbocycles. The van der Waals surface area contributed by atoms with Crippen molar-refractivity contribution in [1.29, 1.82) is 0 Å². The van der Waals surface area contributed by atoms with Gasteiger partial charge in [-0.25, -0.2) is 27.0 Å². The lowest BCUT2D eigenvalue weighted by molar-refractivity contribution is 0.145. The van der Waals surface area contributed by atoms with Crippen LogP contribution in [0.3, 0.4) is 0 Å². The van der Waals surface area contributed by atoms with Crippen molar-refractivity contribution >= 4 is 21.6 Å². The summed E-state index contributed by atoms with van der Waals surface area (Å²) in [5.74, 6) is 0. The molecule has 0 aliphatic heterocycles. The van der Waals surface area contributed by atoms with E-state index in [1.165, 1.54) is 24.3 Å². The molecule has 0 bridgehead atoms. The van der Waals surface area contributed by atoms with Crippen molar-refractivity contribution in [3.63, 3.8) is 0 Å². The lowest BCUT2D eigenvalue weighted by Gasteiger charge is -2.11. The summed E-state index contributed by atoms with van der Waals surface area (Å²) in [5, 5.41) is 9.58. The lowest BCUT2D eigenvalue weighted by atomic mass is 10.1. The molecule has 0 amide bonds. The quantitative estimate of drug-likeness (QED) is 0.744. The van der Waals surface area contributed by atoms with Crippen molar-refractivity contribution in [1.82, 2.24) is 9.78 Å². The van der Waals surface area contributed by atoms with Crippen molar-refractivity contribution in [3.8, 4) is 16.9 Å². The summed E-state index contributed by atoms with van der Waals surface area (Å²) in [4.78, 5) is -0.214. The predicted molar refractivity (Wildman–Crippen MR) is 90.3 cm³/mol. The Morgan fingerprint density at radius 2 is 1.72 bits per heavy atom. The highest BCUT2D eigenvalue weighted by Gasteiger charge is 2.22. The molecule has 3 rings (SSSR count). The van der Waals surface area contributed by atoms with Crippen LogP contribution in [0, 0.1) is 0 Å². The van der Waals surface area contributed by atoms with Gasteiger partial charge < -0.3 is 0 Å². The van der Waals surface area contributed by atoms with Gasteiger partial charge >= 0.3 is 0 Å². The first-order chi connectivity index (χ1) is 11.8. The van der Waals surface area contributed by atoms with E-state index >= 15 is 0 Å². The molecule has 0 saturated carbocycles. The van der Waals surface area contributed by atoms with Crippen LogP contribution >= 0.6 is 11.6 Å². The number of primary sulfonamides is 1. The number of nitrogens with two attached hydrogens (primary N) is 1. The number of alkyl halides is 2. The number of para-hydroxylation sites is 1. The first-order valence-electron chi connectivity index (χ1n) is 7.03. The second-order valence-corrected chi connectivity index (χ2v) is 7.15. The molecule has 1 aromatic heterocycles. The molecule has 0 fully saturated rings. The fourth-order valence-corrected chi connectivity index (χ4v) is 3.23. The molecular weight excluding hydrogens is 372 g/mol. The zero-order chi connectivity index (χ0) is 18.2. The van der Waals surface area contributed by atoms with Gasteiger partial charge in [0.05, 0.1) is 11.4 Å². The van der Waals surface area contributed by atoms with E-state index in [1.54, 1.807) is 30.3 Å². The van der Waals surface area contributed by atoms with Crippen LogP contribution in [-0.4, -0.2) is 18.2 Å². The van der Waals surface area contributed by atoms with Gasteiger partial charge in [-0.1, -0.05) is 35.9 Å². The average molecular weight is 384 g/mol. The minimum Gasteiger partial charge on any atom is -0.231 e. The summed E-state index contributed by atoms with van der Waals surface area (Å²) in [6, 6.07) is 13.5. The van der Waals surface area contributed by atoms with Gasteiger partial charge in [0.2, 0.25) is 10.0 Å². The second kappa shape index (κ2) is 6.55. The maximum Gasteiger partial charge on any atom is 0.282 e. The van der Waals surface area contributed by atoms with Crippen LogP contribution in [0.2, 0.25) is 5.02 Å². The highest BCUT2D eigenvalue weighted by atomic mass is 35.5. The Kier molecular flexibility index (Phi) is 4.59. The van der Waals surface area contributed by atoms with Crippen LogP contribution in [0.1, 0.15) is 12.1 Å². The number of hydrogen-bond acceptors (Lipinski definition) is 3. The highest BCUT2D eigenvalue weighted by Crippen LogP contribution is 2.30. The van der Waals surface area contributed by atoms with Gasteiger partial charge in [-0.2, -0.15) is 5.10 Å². The van der Waals surface area contributed by atoms with Crippen LogP contribution in [0.5, 0.6) is 0 Å². The molecule has 0 atom stereocenters. The predicted octanol–water partition coefficient (Wildman–Crippen LogP) is 3.78. The van der Waals surface area contributed by atoms with E-state index < -0.39 is 22.1 Å². The Labute approximate surface area is 147 Å². The van der Waals surface area contributed by atoms with Crippen LogP contribution in [-0.2, 0) is 10.0 Å². The van der Waals surface area contributed by atoms with Gasteiger partial charge in [0.1, 0.15) is 10.6 Å². The molecular formula is C16H12ClF2N3O2S. The third kappa shape index (κ3) is 3.55. The fraction of sp³-hybridized carbons (Fsp3) is 0.0625. The monoisotopic (exact) mass is 383 g/mol. The zero-order valence-electron chi connectivity index (χ0n) is 12.6. The number of benzene rings is 2. The summed E-state index contributed by atoms with van der Waals surface area (Å²) in [6.07, 6.45) is -2.81. The SMILES string of the molecule is NS(=O)(=O)c1ccccc1-n1nc(C(F)F)cc1-c1ccc(Cl)cc1. The molecule has 0 unspecified atom stereocenters. The van der Waals surface area contributed by atoms with Crippen molar-refractivity contribution < 1.29 is 17.2 Å². The first-order valence-corrected chi connectivity index (χ1v) is 8.96. The molecule has 9 heteroatoms. The van der Waals surface area contributed by atoms with Crippen LogP contribution in [0.25, 0.3) is 16.9 Å². The number of hydrogen-bond donors (Lipinski definition) is 1. The number of rotatable bonds is 4. The normalized spacial score (nSPS) is 11.9.